The molecule has 1 amide bonds. The molecule has 0 saturated carbocycles. The number of nitrogens with one attached hydrogen (secondary N) is 1. The van der Waals surface area contributed by atoms with Crippen LogP contribution >= 0.6 is 11.8 Å². The molecule has 0 aliphatic carbocycles. The number of amides is 1. The molecule has 0 spiro atoms. The van der Waals surface area contributed by atoms with E-state index in [4.69, 9.17) is 4.74 Å². The molecule has 6 nitrogen and oxygen atoms in total. The number of thioether (sulfide) groups is 1. The number of benzene rings is 3. The normalized spacial score (nSPS) is 10.6. The molecule has 0 radical (unpaired) electrons. The molecule has 4 rings (SSSR count). The molecule has 3 aromatic carbocycles. The van der Waals surface area contributed by atoms with E-state index in [2.05, 4.69) is 16.9 Å². The second-order valence-corrected chi connectivity index (χ2v) is 7.79. The summed E-state index contributed by atoms with van der Waals surface area (Å²) in [7, 11) is 0. The average molecular weight is 444 g/mol. The Hall–Kier alpha value is -3.84. The number of carbonyl (C=O) groups is 1. The second kappa shape index (κ2) is 9.98. The van der Waals surface area contributed by atoms with Gasteiger partial charge in [-0.2, -0.15) is 0 Å². The van der Waals surface area contributed by atoms with Gasteiger partial charge in [0.05, 0.1) is 22.3 Å². The first-order valence-electron chi connectivity index (χ1n) is 10.0. The molecule has 0 fully saturated rings. The van der Waals surface area contributed by atoms with E-state index >= 15 is 0 Å². The van der Waals surface area contributed by atoms with Crippen LogP contribution in [0.25, 0.3) is 16.6 Å². The van der Waals surface area contributed by atoms with Crippen LogP contribution in [0.3, 0.4) is 0 Å². The van der Waals surface area contributed by atoms with Crippen molar-refractivity contribution >= 4 is 28.6 Å². The Kier molecular flexibility index (Phi) is 6.67. The zero-order valence-corrected chi connectivity index (χ0v) is 18.0. The molecule has 0 bridgehead atoms. The van der Waals surface area contributed by atoms with Gasteiger partial charge in [0, 0.05) is 6.54 Å². The molecule has 1 heterocycles. The standard InChI is InChI=1S/C25H21N3O3S/c1-2-16-26-23(29)17-32-25-27-22-11-7-6-10-21(22)24(30)28(25)18-12-14-20(15-13-18)31-19-8-4-3-5-9-19/h2-15H,1,16-17H2,(H,26,29). The van der Waals surface area contributed by atoms with Crippen molar-refractivity contribution in [3.63, 3.8) is 0 Å². The summed E-state index contributed by atoms with van der Waals surface area (Å²) in [6, 6.07) is 23.9. The third kappa shape index (κ3) is 4.90. The van der Waals surface area contributed by atoms with Gasteiger partial charge in [-0.25, -0.2) is 4.98 Å². The van der Waals surface area contributed by atoms with Crippen molar-refractivity contribution in [2.45, 2.75) is 5.16 Å². The highest BCUT2D eigenvalue weighted by Gasteiger charge is 2.15. The smallest absolute Gasteiger partial charge is 0.266 e. The number of hydrogen-bond donors (Lipinski definition) is 1. The number of carbonyl (C=O) groups excluding carboxylic acids is 1. The molecule has 0 saturated heterocycles. The molecule has 0 aliphatic rings. The Morgan fingerprint density at radius 3 is 2.44 bits per heavy atom. The lowest BCUT2D eigenvalue weighted by Gasteiger charge is -2.14. The maximum atomic E-state index is 13.3. The van der Waals surface area contributed by atoms with Gasteiger partial charge in [-0.15, -0.1) is 6.58 Å². The predicted molar refractivity (Wildman–Crippen MR) is 128 cm³/mol. The molecule has 0 atom stereocenters. The lowest BCUT2D eigenvalue weighted by atomic mass is 10.2. The lowest BCUT2D eigenvalue weighted by molar-refractivity contribution is -0.118. The van der Waals surface area contributed by atoms with Crippen LogP contribution in [0.15, 0.2) is 101 Å². The first kappa shape index (κ1) is 21.4. The number of nitrogens with zero attached hydrogens (tertiary/aromatic N) is 2. The van der Waals surface area contributed by atoms with Crippen molar-refractivity contribution in [1.29, 1.82) is 0 Å². The van der Waals surface area contributed by atoms with Crippen LogP contribution in [0.5, 0.6) is 11.5 Å². The zero-order valence-electron chi connectivity index (χ0n) is 17.2. The first-order valence-corrected chi connectivity index (χ1v) is 11.0. The molecular weight excluding hydrogens is 422 g/mol. The van der Waals surface area contributed by atoms with Crippen LogP contribution < -0.4 is 15.6 Å². The van der Waals surface area contributed by atoms with Gasteiger partial charge >= 0.3 is 0 Å². The zero-order chi connectivity index (χ0) is 22.3. The van der Waals surface area contributed by atoms with E-state index in [0.29, 0.717) is 34.0 Å². The number of ether oxygens (including phenoxy) is 1. The Labute approximate surface area is 189 Å². The summed E-state index contributed by atoms with van der Waals surface area (Å²) in [6.07, 6.45) is 1.62. The van der Waals surface area contributed by atoms with Crippen molar-refractivity contribution in [3.8, 4) is 17.2 Å². The van der Waals surface area contributed by atoms with Crippen LogP contribution in [0.4, 0.5) is 0 Å². The van der Waals surface area contributed by atoms with E-state index < -0.39 is 0 Å². The van der Waals surface area contributed by atoms with Crippen molar-refractivity contribution in [2.75, 3.05) is 12.3 Å². The van der Waals surface area contributed by atoms with E-state index in [1.54, 1.807) is 42.5 Å². The molecule has 32 heavy (non-hydrogen) atoms. The number of hydrogen-bond acceptors (Lipinski definition) is 5. The minimum atomic E-state index is -0.193. The fourth-order valence-corrected chi connectivity index (χ4v) is 3.93. The molecule has 1 N–H and O–H groups in total. The van der Waals surface area contributed by atoms with Crippen LogP contribution in [0, 0.1) is 0 Å². The molecular formula is C25H21N3O3S. The summed E-state index contributed by atoms with van der Waals surface area (Å²) >= 11 is 1.21. The lowest BCUT2D eigenvalue weighted by Crippen LogP contribution is -2.26. The fourth-order valence-electron chi connectivity index (χ4n) is 3.09. The highest BCUT2D eigenvalue weighted by molar-refractivity contribution is 7.99. The largest absolute Gasteiger partial charge is 0.457 e. The van der Waals surface area contributed by atoms with Gasteiger partial charge in [0.15, 0.2) is 5.16 Å². The van der Waals surface area contributed by atoms with Gasteiger partial charge in [-0.3, -0.25) is 14.2 Å². The fraction of sp³-hybridized carbons (Fsp3) is 0.0800. The predicted octanol–water partition coefficient (Wildman–Crippen LogP) is 4.57. The van der Waals surface area contributed by atoms with Crippen molar-refractivity contribution in [3.05, 3.63) is 102 Å². The number of para-hydroxylation sites is 2. The minimum Gasteiger partial charge on any atom is -0.457 e. The summed E-state index contributed by atoms with van der Waals surface area (Å²) < 4.78 is 7.38. The highest BCUT2D eigenvalue weighted by Crippen LogP contribution is 2.25. The number of rotatable bonds is 8. The molecule has 4 aromatic rings. The van der Waals surface area contributed by atoms with Gasteiger partial charge in [-0.1, -0.05) is 48.2 Å². The van der Waals surface area contributed by atoms with E-state index in [-0.39, 0.29) is 17.2 Å². The van der Waals surface area contributed by atoms with Gasteiger partial charge < -0.3 is 10.1 Å². The SMILES string of the molecule is C=CCNC(=O)CSc1nc2ccccc2c(=O)n1-c1ccc(Oc2ccccc2)cc1. The van der Waals surface area contributed by atoms with Crippen LogP contribution in [-0.4, -0.2) is 27.8 Å². The summed E-state index contributed by atoms with van der Waals surface area (Å²) in [4.78, 5) is 30.0. The third-order valence-corrected chi connectivity index (χ3v) is 5.53. The van der Waals surface area contributed by atoms with E-state index in [1.807, 2.05) is 42.5 Å². The van der Waals surface area contributed by atoms with Crippen LogP contribution in [0.1, 0.15) is 0 Å². The monoisotopic (exact) mass is 443 g/mol. The Morgan fingerprint density at radius 2 is 1.69 bits per heavy atom. The summed E-state index contributed by atoms with van der Waals surface area (Å²) in [5.74, 6) is 1.36. The summed E-state index contributed by atoms with van der Waals surface area (Å²) in [5.41, 5.74) is 1.04. The third-order valence-electron chi connectivity index (χ3n) is 4.59. The van der Waals surface area contributed by atoms with Crippen molar-refractivity contribution in [1.82, 2.24) is 14.9 Å². The number of aromatic nitrogens is 2. The summed E-state index contributed by atoms with van der Waals surface area (Å²) in [6.45, 7) is 3.98. The highest BCUT2D eigenvalue weighted by atomic mass is 32.2. The van der Waals surface area contributed by atoms with E-state index in [1.165, 1.54) is 16.3 Å². The second-order valence-electron chi connectivity index (χ2n) is 6.84. The maximum Gasteiger partial charge on any atom is 0.266 e. The Bertz CT molecular complexity index is 1300. The molecule has 1 aromatic heterocycles. The van der Waals surface area contributed by atoms with Crippen molar-refractivity contribution < 1.29 is 9.53 Å². The Morgan fingerprint density at radius 1 is 1.00 bits per heavy atom. The van der Waals surface area contributed by atoms with Gasteiger partial charge in [-0.05, 0) is 48.5 Å². The topological polar surface area (TPSA) is 73.2 Å². The molecule has 7 heteroatoms. The van der Waals surface area contributed by atoms with E-state index in [0.717, 1.165) is 5.75 Å². The first-order chi connectivity index (χ1) is 15.7. The summed E-state index contributed by atoms with van der Waals surface area (Å²) in [5, 5.41) is 3.69. The Balaban J connectivity index is 1.68. The molecule has 160 valence electrons. The quantitative estimate of drug-likeness (QED) is 0.245. The van der Waals surface area contributed by atoms with Crippen LogP contribution in [0.2, 0.25) is 0 Å². The number of fused-ring (bicyclic) bond motifs is 1. The van der Waals surface area contributed by atoms with Crippen LogP contribution in [-0.2, 0) is 4.79 Å². The van der Waals surface area contributed by atoms with Gasteiger partial charge in [0.2, 0.25) is 5.91 Å². The van der Waals surface area contributed by atoms with Gasteiger partial charge in [0.25, 0.3) is 5.56 Å². The van der Waals surface area contributed by atoms with Gasteiger partial charge in [0.1, 0.15) is 11.5 Å². The molecule has 0 aliphatic heterocycles. The molecule has 0 unspecified atom stereocenters. The minimum absolute atomic E-state index is 0.133. The average Bonchev–Trinajstić information content (AvgIpc) is 2.83. The maximum absolute atomic E-state index is 13.3. The van der Waals surface area contributed by atoms with E-state index in [9.17, 15) is 9.59 Å². The van der Waals surface area contributed by atoms with Crippen molar-refractivity contribution in [2.24, 2.45) is 0 Å².